The summed E-state index contributed by atoms with van der Waals surface area (Å²) in [7, 11) is 0. The van der Waals surface area contributed by atoms with Crippen molar-refractivity contribution < 1.29 is 0 Å². The quantitative estimate of drug-likeness (QED) is 0.910. The normalized spacial score (nSPS) is 21.3. The van der Waals surface area contributed by atoms with Crippen molar-refractivity contribution in [1.29, 1.82) is 0 Å². The number of aromatic nitrogens is 4. The van der Waals surface area contributed by atoms with E-state index in [-0.39, 0.29) is 5.56 Å². The molecule has 1 N–H and O–H groups in total. The molecule has 8 heteroatoms. The van der Waals surface area contributed by atoms with Crippen LogP contribution in [0.5, 0.6) is 0 Å². The molecule has 0 bridgehead atoms. The average molecular weight is 344 g/mol. The Bertz CT molecular complexity index is 801. The summed E-state index contributed by atoms with van der Waals surface area (Å²) in [6, 6.07) is 1.65. The molecule has 0 spiro atoms. The predicted octanol–water partition coefficient (Wildman–Crippen LogP) is 1.70. The highest BCUT2D eigenvalue weighted by Gasteiger charge is 2.30. The second kappa shape index (κ2) is 5.54. The largest absolute Gasteiger partial charge is 0.343 e. The lowest BCUT2D eigenvalue weighted by atomic mass is 10.3. The van der Waals surface area contributed by atoms with Crippen molar-refractivity contribution in [2.45, 2.75) is 37.5 Å². The zero-order chi connectivity index (χ0) is 16.1. The Balaban J connectivity index is 1.28. The van der Waals surface area contributed by atoms with E-state index in [2.05, 4.69) is 24.1 Å². The Labute approximate surface area is 143 Å². The minimum absolute atomic E-state index is 0.0393. The van der Waals surface area contributed by atoms with Gasteiger partial charge in [-0.3, -0.25) is 9.78 Å². The molecule has 0 radical (unpaired) electrons. The molecule has 126 valence electrons. The maximum atomic E-state index is 11.9. The molecule has 0 unspecified atom stereocenters. The molecule has 2 aliphatic carbocycles. The second-order valence-corrected chi connectivity index (χ2v) is 7.68. The molecule has 0 amide bonds. The van der Waals surface area contributed by atoms with Gasteiger partial charge in [0.1, 0.15) is 5.82 Å². The van der Waals surface area contributed by atoms with E-state index in [0.29, 0.717) is 11.8 Å². The van der Waals surface area contributed by atoms with Crippen LogP contribution in [0.15, 0.2) is 10.9 Å². The number of H-pyrrole nitrogens is 1. The van der Waals surface area contributed by atoms with Crippen molar-refractivity contribution >= 4 is 22.6 Å². The molecule has 1 aliphatic heterocycles. The number of hydrogen-bond donors (Lipinski definition) is 1. The zero-order valence-electron chi connectivity index (χ0n) is 13.4. The number of piperazine rings is 1. The number of nitrogens with zero attached hydrogens (tertiary/aromatic N) is 5. The molecule has 2 aromatic rings. The maximum absolute atomic E-state index is 11.9. The van der Waals surface area contributed by atoms with E-state index in [0.717, 1.165) is 61.6 Å². The van der Waals surface area contributed by atoms with Gasteiger partial charge in [-0.05, 0) is 25.7 Å². The molecule has 0 aromatic carbocycles. The van der Waals surface area contributed by atoms with Crippen molar-refractivity contribution in [1.82, 2.24) is 19.3 Å². The minimum Gasteiger partial charge on any atom is -0.343 e. The fourth-order valence-electron chi connectivity index (χ4n) is 3.17. The molecule has 0 atom stereocenters. The zero-order valence-corrected chi connectivity index (χ0v) is 14.3. The molecule has 2 aromatic heterocycles. The van der Waals surface area contributed by atoms with Crippen LogP contribution in [-0.2, 0) is 0 Å². The first-order valence-electron chi connectivity index (χ1n) is 8.71. The Morgan fingerprint density at radius 3 is 2.42 bits per heavy atom. The van der Waals surface area contributed by atoms with Crippen LogP contribution in [0.3, 0.4) is 0 Å². The lowest BCUT2D eigenvalue weighted by molar-refractivity contribution is 0.635. The van der Waals surface area contributed by atoms with Crippen molar-refractivity contribution in [3.05, 3.63) is 27.9 Å². The van der Waals surface area contributed by atoms with E-state index in [4.69, 9.17) is 4.98 Å². The van der Waals surface area contributed by atoms with E-state index in [1.807, 2.05) is 0 Å². The standard InChI is InChI=1S/C16H20N6OS/c23-13-9-12(10-1-2-10)17-15(18-13)21-5-7-22(8-6-21)16-19-14(20-24-16)11-3-4-11/h9-11H,1-8H2,(H,17,18,23). The molecular weight excluding hydrogens is 324 g/mol. The van der Waals surface area contributed by atoms with Crippen LogP contribution in [0.2, 0.25) is 0 Å². The average Bonchev–Trinajstić information content (AvgIpc) is 3.53. The summed E-state index contributed by atoms with van der Waals surface area (Å²) >= 11 is 1.51. The molecule has 3 aliphatic rings. The Morgan fingerprint density at radius 1 is 1.00 bits per heavy atom. The summed E-state index contributed by atoms with van der Waals surface area (Å²) in [5.41, 5.74) is 0.914. The van der Waals surface area contributed by atoms with Gasteiger partial charge in [-0.15, -0.1) is 0 Å². The van der Waals surface area contributed by atoms with Crippen LogP contribution in [0.4, 0.5) is 11.1 Å². The second-order valence-electron chi connectivity index (χ2n) is 6.95. The lowest BCUT2D eigenvalue weighted by Gasteiger charge is -2.34. The summed E-state index contributed by atoms with van der Waals surface area (Å²) < 4.78 is 4.50. The molecule has 3 heterocycles. The van der Waals surface area contributed by atoms with Gasteiger partial charge in [-0.25, -0.2) is 9.97 Å². The van der Waals surface area contributed by atoms with E-state index in [1.165, 1.54) is 24.4 Å². The first-order valence-corrected chi connectivity index (χ1v) is 9.48. The number of anilines is 2. The Morgan fingerprint density at radius 2 is 1.71 bits per heavy atom. The monoisotopic (exact) mass is 344 g/mol. The summed E-state index contributed by atoms with van der Waals surface area (Å²) in [6.45, 7) is 3.46. The van der Waals surface area contributed by atoms with Crippen molar-refractivity contribution in [2.24, 2.45) is 0 Å². The minimum atomic E-state index is -0.0393. The highest BCUT2D eigenvalue weighted by atomic mass is 32.1. The molecule has 2 saturated carbocycles. The van der Waals surface area contributed by atoms with Gasteiger partial charge in [0.2, 0.25) is 11.1 Å². The third-order valence-corrected chi connectivity index (χ3v) is 5.76. The fraction of sp³-hybridized carbons (Fsp3) is 0.625. The van der Waals surface area contributed by atoms with Crippen molar-refractivity contribution in [3.8, 4) is 0 Å². The third kappa shape index (κ3) is 2.79. The number of hydrogen-bond acceptors (Lipinski definition) is 7. The SMILES string of the molecule is O=c1cc(C2CC2)nc(N2CCN(c3nc(C4CC4)ns3)CC2)[nH]1. The molecule has 24 heavy (non-hydrogen) atoms. The summed E-state index contributed by atoms with van der Waals surface area (Å²) in [5.74, 6) is 2.85. The van der Waals surface area contributed by atoms with Crippen molar-refractivity contribution in [2.75, 3.05) is 36.0 Å². The van der Waals surface area contributed by atoms with E-state index >= 15 is 0 Å². The third-order valence-electron chi connectivity index (χ3n) is 4.97. The Hall–Kier alpha value is -1.96. The topological polar surface area (TPSA) is 78.0 Å². The van der Waals surface area contributed by atoms with Gasteiger partial charge in [0, 0.05) is 55.6 Å². The van der Waals surface area contributed by atoms with Crippen LogP contribution in [0.1, 0.15) is 49.0 Å². The first kappa shape index (κ1) is 14.4. The molecule has 5 rings (SSSR count). The number of rotatable bonds is 4. The predicted molar refractivity (Wildman–Crippen MR) is 93.1 cm³/mol. The van der Waals surface area contributed by atoms with E-state index in [1.54, 1.807) is 6.07 Å². The highest BCUT2D eigenvalue weighted by Crippen LogP contribution is 2.40. The molecule has 3 fully saturated rings. The number of aromatic amines is 1. The first-order chi connectivity index (χ1) is 11.8. The molecule has 7 nitrogen and oxygen atoms in total. The Kier molecular flexibility index (Phi) is 3.32. The van der Waals surface area contributed by atoms with Crippen molar-refractivity contribution in [3.63, 3.8) is 0 Å². The van der Waals surface area contributed by atoms with Crippen LogP contribution in [0, 0.1) is 0 Å². The van der Waals surface area contributed by atoms with Gasteiger partial charge >= 0.3 is 0 Å². The van der Waals surface area contributed by atoms with Gasteiger partial charge in [-0.1, -0.05) is 0 Å². The molecule has 1 saturated heterocycles. The van der Waals surface area contributed by atoms with Gasteiger partial charge in [0.15, 0.2) is 0 Å². The van der Waals surface area contributed by atoms with Crippen LogP contribution < -0.4 is 15.4 Å². The van der Waals surface area contributed by atoms with Crippen LogP contribution >= 0.6 is 11.5 Å². The van der Waals surface area contributed by atoms with Crippen LogP contribution in [0.25, 0.3) is 0 Å². The highest BCUT2D eigenvalue weighted by molar-refractivity contribution is 7.09. The summed E-state index contributed by atoms with van der Waals surface area (Å²) in [6.07, 6.45) is 4.79. The summed E-state index contributed by atoms with van der Waals surface area (Å²) in [4.78, 5) is 28.6. The van der Waals surface area contributed by atoms with E-state index < -0.39 is 0 Å². The van der Waals surface area contributed by atoms with Gasteiger partial charge in [0.25, 0.3) is 5.56 Å². The lowest BCUT2D eigenvalue weighted by Crippen LogP contribution is -2.47. The molecular formula is C16H20N6OS. The fourth-order valence-corrected chi connectivity index (χ4v) is 3.97. The smallest absolute Gasteiger partial charge is 0.252 e. The van der Waals surface area contributed by atoms with E-state index in [9.17, 15) is 4.79 Å². The van der Waals surface area contributed by atoms with Gasteiger partial charge in [0.05, 0.1) is 5.69 Å². The van der Waals surface area contributed by atoms with Crippen LogP contribution in [-0.4, -0.2) is 45.5 Å². The summed E-state index contributed by atoms with van der Waals surface area (Å²) in [5, 5.41) is 1.03. The van der Waals surface area contributed by atoms with Gasteiger partial charge in [-0.2, -0.15) is 4.37 Å². The number of nitrogens with one attached hydrogen (secondary N) is 1. The maximum Gasteiger partial charge on any atom is 0.252 e. The van der Waals surface area contributed by atoms with Gasteiger partial charge < -0.3 is 9.80 Å².